The van der Waals surface area contributed by atoms with Crippen LogP contribution in [0.15, 0.2) is 48.5 Å². The van der Waals surface area contributed by atoms with Gasteiger partial charge in [-0.2, -0.15) is 8.42 Å². The summed E-state index contributed by atoms with van der Waals surface area (Å²) in [5.41, 5.74) is 2.61. The second-order valence-electron chi connectivity index (χ2n) is 11.8. The summed E-state index contributed by atoms with van der Waals surface area (Å²) >= 11 is 0. The molecule has 3 atom stereocenters. The van der Waals surface area contributed by atoms with E-state index in [4.69, 9.17) is 9.29 Å². The highest BCUT2D eigenvalue weighted by Gasteiger charge is 2.42. The van der Waals surface area contributed by atoms with Gasteiger partial charge in [-0.3, -0.25) is 38.6 Å². The van der Waals surface area contributed by atoms with Gasteiger partial charge in [-0.05, 0) is 61.4 Å². The summed E-state index contributed by atoms with van der Waals surface area (Å²) in [5, 5.41) is 14.8. The van der Waals surface area contributed by atoms with Crippen LogP contribution in [0.2, 0.25) is 0 Å². The van der Waals surface area contributed by atoms with Crippen LogP contribution in [-0.2, 0) is 30.9 Å². The van der Waals surface area contributed by atoms with Gasteiger partial charge < -0.3 is 15.4 Å². The Morgan fingerprint density at radius 3 is 2.02 bits per heavy atom. The minimum atomic E-state index is -3.98. The van der Waals surface area contributed by atoms with Crippen molar-refractivity contribution in [3.8, 4) is 5.75 Å². The number of likely N-dealkylation sites (N-methyl/N-ethyl adjacent to an activating group) is 1. The molecule has 1 aliphatic heterocycles. The summed E-state index contributed by atoms with van der Waals surface area (Å²) in [4.78, 5) is 66.7. The molecule has 0 radical (unpaired) electrons. The van der Waals surface area contributed by atoms with Crippen LogP contribution < -0.4 is 20.9 Å². The van der Waals surface area contributed by atoms with Crippen molar-refractivity contribution in [1.82, 2.24) is 21.0 Å². The molecule has 5 N–H and O–H groups in total. The van der Waals surface area contributed by atoms with Gasteiger partial charge in [0.2, 0.25) is 17.7 Å². The molecule has 0 spiro atoms. The summed E-state index contributed by atoms with van der Waals surface area (Å²) in [5.74, 6) is -5.63. The third kappa shape index (κ3) is 10.6. The number of nitrogens with zero attached hydrogens (tertiary/aromatic N) is 1. The summed E-state index contributed by atoms with van der Waals surface area (Å²) in [6, 6.07) is 12.0. The number of fused-ring (bicyclic) bond motifs is 1. The molecular formula is C32H42N4O10S. The molecule has 2 aromatic carbocycles. The maximum atomic E-state index is 13.8. The molecule has 1 aliphatic rings. The molecule has 0 fully saturated rings. The number of carbonyl (C=O) groups excluding carboxylic acids is 5. The van der Waals surface area contributed by atoms with Crippen LogP contribution in [0.1, 0.15) is 65.8 Å². The predicted molar refractivity (Wildman–Crippen MR) is 170 cm³/mol. The topological polar surface area (TPSA) is 209 Å². The van der Waals surface area contributed by atoms with Crippen LogP contribution in [-0.4, -0.2) is 84.6 Å². The molecule has 3 rings (SSSR count). The number of amides is 5. The zero-order valence-electron chi connectivity index (χ0n) is 26.6. The molecule has 0 bridgehead atoms. The van der Waals surface area contributed by atoms with E-state index in [1.807, 2.05) is 13.8 Å². The van der Waals surface area contributed by atoms with Crippen LogP contribution in [0.25, 0.3) is 0 Å². The number of nitrogens with one attached hydrogen (secondary N) is 3. The molecule has 2 aromatic rings. The average molecular weight is 675 g/mol. The van der Waals surface area contributed by atoms with E-state index < -0.39 is 64.1 Å². The molecule has 1 heterocycles. The minimum absolute atomic E-state index is 0.0883. The summed E-state index contributed by atoms with van der Waals surface area (Å²) < 4.78 is 36.1. The zero-order chi connectivity index (χ0) is 34.7. The first-order valence-corrected chi connectivity index (χ1v) is 16.9. The summed E-state index contributed by atoms with van der Waals surface area (Å²) in [6.45, 7) is 3.53. The van der Waals surface area contributed by atoms with E-state index in [0.717, 1.165) is 4.90 Å². The Labute approximate surface area is 273 Å². The fourth-order valence-corrected chi connectivity index (χ4v) is 5.98. The van der Waals surface area contributed by atoms with Crippen molar-refractivity contribution in [1.29, 1.82) is 0 Å². The van der Waals surface area contributed by atoms with Crippen molar-refractivity contribution >= 4 is 39.7 Å². The van der Waals surface area contributed by atoms with E-state index in [1.54, 1.807) is 41.9 Å². The largest absolute Gasteiger partial charge is 0.494 e. The van der Waals surface area contributed by atoms with Gasteiger partial charge >= 0.3 is 0 Å². The zero-order valence-corrected chi connectivity index (χ0v) is 27.4. The van der Waals surface area contributed by atoms with Gasteiger partial charge in [-0.1, -0.05) is 38.1 Å². The minimum Gasteiger partial charge on any atom is -0.494 e. The summed E-state index contributed by atoms with van der Waals surface area (Å²) in [7, 11) is -2.56. The normalized spacial score (nSPS) is 14.7. The van der Waals surface area contributed by atoms with Gasteiger partial charge in [-0.15, -0.1) is 0 Å². The molecule has 14 nitrogen and oxygen atoms in total. The average Bonchev–Trinajstić information content (AvgIpc) is 3.27. The van der Waals surface area contributed by atoms with E-state index >= 15 is 0 Å². The highest BCUT2D eigenvalue weighted by Crippen LogP contribution is 2.28. The van der Waals surface area contributed by atoms with E-state index in [2.05, 4.69) is 10.6 Å². The Morgan fingerprint density at radius 2 is 1.49 bits per heavy atom. The monoisotopic (exact) mass is 674 g/mol. The molecule has 15 heteroatoms. The third-order valence-electron chi connectivity index (χ3n) is 7.81. The lowest BCUT2D eigenvalue weighted by molar-refractivity contribution is -0.142. The first kappa shape index (κ1) is 37.1. The van der Waals surface area contributed by atoms with E-state index in [9.17, 15) is 37.6 Å². The Balaban J connectivity index is 1.72. The van der Waals surface area contributed by atoms with Crippen LogP contribution in [0.5, 0.6) is 5.75 Å². The number of carbonyl (C=O) groups is 5. The lowest BCUT2D eigenvalue weighted by Gasteiger charge is -2.30. The highest BCUT2D eigenvalue weighted by atomic mass is 32.2. The Bertz CT molecular complexity index is 1510. The van der Waals surface area contributed by atoms with Crippen LogP contribution >= 0.6 is 0 Å². The molecule has 47 heavy (non-hydrogen) atoms. The maximum Gasteiger partial charge on any atom is 0.264 e. The fraction of sp³-hybridized carbons (Fsp3) is 0.469. The molecule has 0 saturated carbocycles. The SMILES string of the molecule is CNC(=O)[C@H](Cc1ccc(OCCCCCS(=O)(=O)O)cc1)NC(=O)[C@H](CC(C)C)C(CN1C(=O)c2ccccc2C1=O)C(=O)NO. The molecular weight excluding hydrogens is 632 g/mol. The van der Waals surface area contributed by atoms with Gasteiger partial charge in [0.1, 0.15) is 11.8 Å². The summed E-state index contributed by atoms with van der Waals surface area (Å²) in [6.07, 6.45) is 1.70. The maximum absolute atomic E-state index is 13.8. The quantitative estimate of drug-likeness (QED) is 0.0511. The van der Waals surface area contributed by atoms with Crippen molar-refractivity contribution < 1.29 is 46.9 Å². The second kappa shape index (κ2) is 17.0. The fourth-order valence-electron chi connectivity index (χ4n) is 5.41. The molecule has 0 saturated heterocycles. The smallest absolute Gasteiger partial charge is 0.264 e. The second-order valence-corrected chi connectivity index (χ2v) is 13.4. The molecule has 256 valence electrons. The number of hydrogen-bond acceptors (Lipinski definition) is 9. The molecule has 0 aromatic heterocycles. The van der Waals surface area contributed by atoms with Crippen molar-refractivity contribution in [2.75, 3.05) is 26.0 Å². The third-order valence-corrected chi connectivity index (χ3v) is 8.61. The number of imide groups is 1. The van der Waals surface area contributed by atoms with Gasteiger partial charge in [-0.25, -0.2) is 5.48 Å². The molecule has 1 unspecified atom stereocenters. The van der Waals surface area contributed by atoms with Gasteiger partial charge in [0.15, 0.2) is 0 Å². The lowest BCUT2D eigenvalue weighted by Crippen LogP contribution is -2.53. The van der Waals surface area contributed by atoms with E-state index in [-0.39, 0.29) is 35.6 Å². The Kier molecular flexibility index (Phi) is 13.4. The predicted octanol–water partition coefficient (Wildman–Crippen LogP) is 1.98. The number of hydroxylamine groups is 1. The van der Waals surface area contributed by atoms with Crippen LogP contribution in [0.3, 0.4) is 0 Å². The van der Waals surface area contributed by atoms with Gasteiger partial charge in [0.05, 0.1) is 35.3 Å². The first-order valence-electron chi connectivity index (χ1n) is 15.3. The van der Waals surface area contributed by atoms with Gasteiger partial charge in [0.25, 0.3) is 21.9 Å². The van der Waals surface area contributed by atoms with Crippen molar-refractivity contribution in [3.05, 3.63) is 65.2 Å². The first-order chi connectivity index (χ1) is 22.2. The number of unbranched alkanes of at least 4 members (excludes halogenated alkanes) is 2. The molecule has 5 amide bonds. The van der Waals surface area contributed by atoms with Crippen LogP contribution in [0, 0.1) is 17.8 Å². The lowest BCUT2D eigenvalue weighted by atomic mass is 9.83. The molecule has 0 aliphatic carbocycles. The number of benzene rings is 2. The van der Waals surface area contributed by atoms with Crippen molar-refractivity contribution in [2.24, 2.45) is 17.8 Å². The Hall–Kier alpha value is -4.34. The number of rotatable bonds is 18. The standard InChI is InChI=1S/C32H42N4O10S/c1-20(2)17-25(26(29(38)35-42)19-36-31(40)23-9-5-6-10-24(23)32(36)41)28(37)34-27(30(39)33-3)18-21-11-13-22(14-12-21)46-15-7-4-8-16-47(43,44)45/h5-6,9-14,20,25-27,42H,4,7-8,15-19H2,1-3H3,(H,33,39)(H,34,37)(H,35,38)(H,43,44,45)/t25-,26?,27+/m1/s1. The number of ether oxygens (including phenoxy) is 1. The number of hydrogen-bond donors (Lipinski definition) is 5. The Morgan fingerprint density at radius 1 is 0.872 bits per heavy atom. The highest BCUT2D eigenvalue weighted by molar-refractivity contribution is 7.85. The van der Waals surface area contributed by atoms with Crippen molar-refractivity contribution in [3.63, 3.8) is 0 Å². The van der Waals surface area contributed by atoms with Crippen LogP contribution in [0.4, 0.5) is 0 Å². The van der Waals surface area contributed by atoms with E-state index in [0.29, 0.717) is 37.2 Å². The van der Waals surface area contributed by atoms with Gasteiger partial charge in [0, 0.05) is 20.0 Å². The van der Waals surface area contributed by atoms with E-state index in [1.165, 1.54) is 19.2 Å². The van der Waals surface area contributed by atoms with Crippen molar-refractivity contribution in [2.45, 2.75) is 52.0 Å².